The molecule has 3 aromatic carbocycles. The Hall–Kier alpha value is -4.12. The van der Waals surface area contributed by atoms with Crippen LogP contribution in [0.5, 0.6) is 0 Å². The first-order chi connectivity index (χ1) is 15.1. The lowest BCUT2D eigenvalue weighted by atomic mass is 9.94. The van der Waals surface area contributed by atoms with Crippen molar-refractivity contribution in [3.8, 4) is 0 Å². The molecule has 0 aliphatic carbocycles. The van der Waals surface area contributed by atoms with Gasteiger partial charge in [0.25, 0.3) is 5.91 Å². The minimum absolute atomic E-state index is 0.129. The first kappa shape index (κ1) is 20.2. The van der Waals surface area contributed by atoms with Crippen molar-refractivity contribution < 1.29 is 9.59 Å². The number of aromatic nitrogens is 1. The predicted molar refractivity (Wildman–Crippen MR) is 122 cm³/mol. The number of nitrogens with zero attached hydrogens (tertiary/aromatic N) is 2. The standard InChI is InChI=1S/C18H16N2O.C8H5NO/c19-18(21)15(12-13-6-2-1-3-7-13)17-11-10-14-8-4-5-9-16(14)20-17;10-8-7-4-2-1-3-6(7)5-9-8/h1-11,15H,12H2,(H2,19,21);1-5H. The molecule has 1 atom stereocenters. The summed E-state index contributed by atoms with van der Waals surface area (Å²) < 4.78 is 0. The average molecular weight is 407 g/mol. The fraction of sp³-hybridized carbons (Fsp3) is 0.0769. The molecule has 31 heavy (non-hydrogen) atoms. The number of fused-ring (bicyclic) bond motifs is 2. The third-order valence-electron chi connectivity index (χ3n) is 5.12. The first-order valence-corrected chi connectivity index (χ1v) is 9.98. The molecule has 5 nitrogen and oxygen atoms in total. The molecule has 5 rings (SSSR count). The van der Waals surface area contributed by atoms with Gasteiger partial charge in [0.05, 0.1) is 22.7 Å². The van der Waals surface area contributed by atoms with Gasteiger partial charge in [0.1, 0.15) is 0 Å². The maximum atomic E-state index is 11.8. The molecular formula is C26H21N3O2. The molecule has 4 aromatic rings. The quantitative estimate of drug-likeness (QED) is 0.547. The van der Waals surface area contributed by atoms with Gasteiger partial charge in [-0.1, -0.05) is 72.8 Å². The van der Waals surface area contributed by atoms with Crippen molar-refractivity contribution in [2.24, 2.45) is 10.7 Å². The van der Waals surface area contributed by atoms with Gasteiger partial charge in [-0.25, -0.2) is 4.99 Å². The highest BCUT2D eigenvalue weighted by Crippen LogP contribution is 2.22. The maximum absolute atomic E-state index is 11.8. The summed E-state index contributed by atoms with van der Waals surface area (Å²) in [7, 11) is 0. The Bertz CT molecular complexity index is 1270. The van der Waals surface area contributed by atoms with Crippen LogP contribution in [-0.4, -0.2) is 23.0 Å². The van der Waals surface area contributed by atoms with E-state index in [0.29, 0.717) is 12.0 Å². The van der Waals surface area contributed by atoms with Crippen LogP contribution in [0.15, 0.2) is 96.0 Å². The number of benzene rings is 3. The highest BCUT2D eigenvalue weighted by atomic mass is 16.1. The number of nitrogens with two attached hydrogens (primary N) is 1. The largest absolute Gasteiger partial charge is 0.369 e. The predicted octanol–water partition coefficient (Wildman–Crippen LogP) is 4.31. The van der Waals surface area contributed by atoms with Gasteiger partial charge in [-0.05, 0) is 30.2 Å². The minimum atomic E-state index is -0.406. The molecule has 1 aliphatic rings. The van der Waals surface area contributed by atoms with Crippen LogP contribution in [-0.2, 0) is 11.2 Å². The molecule has 0 bridgehead atoms. The summed E-state index contributed by atoms with van der Waals surface area (Å²) in [4.78, 5) is 30.9. The Balaban J connectivity index is 0.000000192. The zero-order valence-electron chi connectivity index (χ0n) is 16.8. The van der Waals surface area contributed by atoms with Crippen molar-refractivity contribution in [3.63, 3.8) is 0 Å². The molecule has 1 aromatic heterocycles. The van der Waals surface area contributed by atoms with Crippen LogP contribution in [0.1, 0.15) is 33.1 Å². The van der Waals surface area contributed by atoms with Gasteiger partial charge in [0.15, 0.2) is 0 Å². The summed E-state index contributed by atoms with van der Waals surface area (Å²) in [5.74, 6) is -0.880. The van der Waals surface area contributed by atoms with Crippen LogP contribution < -0.4 is 5.73 Å². The van der Waals surface area contributed by atoms with E-state index in [1.54, 1.807) is 12.3 Å². The number of amides is 2. The van der Waals surface area contributed by atoms with Gasteiger partial charge in [0, 0.05) is 17.2 Å². The Labute approximate surface area is 180 Å². The fourth-order valence-electron chi connectivity index (χ4n) is 3.48. The van der Waals surface area contributed by atoms with Crippen LogP contribution in [0.2, 0.25) is 0 Å². The summed E-state index contributed by atoms with van der Waals surface area (Å²) >= 11 is 0. The topological polar surface area (TPSA) is 85.4 Å². The molecule has 1 aliphatic heterocycles. The van der Waals surface area contributed by atoms with E-state index in [4.69, 9.17) is 5.73 Å². The highest BCUT2D eigenvalue weighted by Gasteiger charge is 2.20. The second-order valence-electron chi connectivity index (χ2n) is 7.22. The van der Waals surface area contributed by atoms with Crippen molar-refractivity contribution in [1.29, 1.82) is 0 Å². The highest BCUT2D eigenvalue weighted by molar-refractivity contribution is 6.12. The zero-order valence-corrected chi connectivity index (χ0v) is 16.8. The monoisotopic (exact) mass is 407 g/mol. The summed E-state index contributed by atoms with van der Waals surface area (Å²) in [6.45, 7) is 0. The average Bonchev–Trinajstić information content (AvgIpc) is 3.19. The van der Waals surface area contributed by atoms with Crippen LogP contribution in [0, 0.1) is 0 Å². The van der Waals surface area contributed by atoms with Crippen LogP contribution in [0.4, 0.5) is 0 Å². The number of rotatable bonds is 4. The van der Waals surface area contributed by atoms with Gasteiger partial charge < -0.3 is 5.73 Å². The Kier molecular flexibility index (Phi) is 5.94. The number of primary amides is 1. The molecule has 2 N–H and O–H groups in total. The number of carbonyl (C=O) groups is 2. The van der Waals surface area contributed by atoms with Crippen molar-refractivity contribution >= 4 is 28.9 Å². The van der Waals surface area contributed by atoms with E-state index >= 15 is 0 Å². The molecule has 5 heteroatoms. The third-order valence-corrected chi connectivity index (χ3v) is 5.12. The molecule has 0 spiro atoms. The molecule has 0 radical (unpaired) electrons. The Morgan fingerprint density at radius 2 is 1.55 bits per heavy atom. The fourth-order valence-corrected chi connectivity index (χ4v) is 3.48. The molecule has 0 fully saturated rings. The molecule has 0 saturated carbocycles. The number of aliphatic imine (C=N–C) groups is 1. The molecule has 2 heterocycles. The third kappa shape index (κ3) is 4.73. The van der Waals surface area contributed by atoms with E-state index in [-0.39, 0.29) is 11.8 Å². The van der Waals surface area contributed by atoms with Gasteiger partial charge in [0.2, 0.25) is 5.91 Å². The number of carbonyl (C=O) groups excluding carboxylic acids is 2. The molecule has 1 unspecified atom stereocenters. The number of hydrogen-bond acceptors (Lipinski definition) is 3. The molecular weight excluding hydrogens is 386 g/mol. The maximum Gasteiger partial charge on any atom is 0.277 e. The normalized spacial score (nSPS) is 12.7. The van der Waals surface area contributed by atoms with E-state index < -0.39 is 5.92 Å². The minimum Gasteiger partial charge on any atom is -0.369 e. The van der Waals surface area contributed by atoms with Crippen LogP contribution in [0.3, 0.4) is 0 Å². The second-order valence-corrected chi connectivity index (χ2v) is 7.22. The lowest BCUT2D eigenvalue weighted by Gasteiger charge is -2.13. The summed E-state index contributed by atoms with van der Waals surface area (Å²) in [5.41, 5.74) is 9.91. The Morgan fingerprint density at radius 1 is 0.839 bits per heavy atom. The van der Waals surface area contributed by atoms with Crippen LogP contribution in [0.25, 0.3) is 10.9 Å². The van der Waals surface area contributed by atoms with E-state index in [1.165, 1.54) is 0 Å². The van der Waals surface area contributed by atoms with Gasteiger partial charge in [-0.2, -0.15) is 0 Å². The zero-order chi connectivity index (χ0) is 21.6. The van der Waals surface area contributed by atoms with E-state index in [9.17, 15) is 9.59 Å². The number of hydrogen-bond donors (Lipinski definition) is 1. The van der Waals surface area contributed by atoms with E-state index in [1.807, 2.05) is 84.9 Å². The lowest BCUT2D eigenvalue weighted by Crippen LogP contribution is -2.24. The molecule has 0 saturated heterocycles. The smallest absolute Gasteiger partial charge is 0.277 e. The van der Waals surface area contributed by atoms with Gasteiger partial charge in [-0.15, -0.1) is 0 Å². The molecule has 2 amide bonds. The summed E-state index contributed by atoms with van der Waals surface area (Å²) in [5, 5.41) is 1.06. The Morgan fingerprint density at radius 3 is 2.32 bits per heavy atom. The first-order valence-electron chi connectivity index (χ1n) is 9.98. The molecule has 152 valence electrons. The summed E-state index contributed by atoms with van der Waals surface area (Å²) in [6, 6.07) is 29.0. The summed E-state index contributed by atoms with van der Waals surface area (Å²) in [6.07, 6.45) is 2.17. The van der Waals surface area contributed by atoms with Crippen molar-refractivity contribution in [2.75, 3.05) is 0 Å². The SMILES string of the molecule is NC(=O)C(Cc1ccccc1)c1ccc2ccccc2n1.O=C1N=Cc2ccccc21. The van der Waals surface area contributed by atoms with Crippen molar-refractivity contribution in [1.82, 2.24) is 4.98 Å². The number of pyridine rings is 1. The van der Waals surface area contributed by atoms with Crippen LogP contribution >= 0.6 is 0 Å². The van der Waals surface area contributed by atoms with Crippen molar-refractivity contribution in [2.45, 2.75) is 12.3 Å². The lowest BCUT2D eigenvalue weighted by molar-refractivity contribution is -0.119. The second kappa shape index (κ2) is 9.13. The van der Waals surface area contributed by atoms with E-state index in [0.717, 1.165) is 27.7 Å². The van der Waals surface area contributed by atoms with Gasteiger partial charge >= 0.3 is 0 Å². The number of para-hydroxylation sites is 1. The van der Waals surface area contributed by atoms with E-state index in [2.05, 4.69) is 9.98 Å². The van der Waals surface area contributed by atoms with Gasteiger partial charge in [-0.3, -0.25) is 14.6 Å². The van der Waals surface area contributed by atoms with Crippen molar-refractivity contribution in [3.05, 3.63) is 113 Å².